The van der Waals surface area contributed by atoms with Crippen molar-refractivity contribution in [1.29, 1.82) is 0 Å². The van der Waals surface area contributed by atoms with Crippen LogP contribution in [0.1, 0.15) is 110 Å². The van der Waals surface area contributed by atoms with Crippen molar-refractivity contribution >= 4 is 58.2 Å². The van der Waals surface area contributed by atoms with E-state index in [0.29, 0.717) is 96.0 Å². The highest BCUT2D eigenvalue weighted by Crippen LogP contribution is 2.46. The summed E-state index contributed by atoms with van der Waals surface area (Å²) in [6.07, 6.45) is 3.41. The number of aromatic nitrogens is 2. The molecule has 0 saturated heterocycles. The Morgan fingerprint density at radius 1 is 0.867 bits per heavy atom. The van der Waals surface area contributed by atoms with Gasteiger partial charge in [-0.2, -0.15) is 0 Å². The van der Waals surface area contributed by atoms with Gasteiger partial charge in [-0.1, -0.05) is 43.7 Å². The lowest BCUT2D eigenvalue weighted by molar-refractivity contribution is -0.172. The van der Waals surface area contributed by atoms with Gasteiger partial charge in [0.15, 0.2) is 5.60 Å². The number of rotatable bonds is 23. The van der Waals surface area contributed by atoms with Gasteiger partial charge in [0.1, 0.15) is 31.3 Å². The van der Waals surface area contributed by atoms with Gasteiger partial charge in [-0.05, 0) is 86.1 Å². The highest BCUT2D eigenvalue weighted by atomic mass is 19.1. The number of pyridine rings is 2. The van der Waals surface area contributed by atoms with Crippen LogP contribution in [0.15, 0.2) is 47.3 Å². The second kappa shape index (κ2) is 23.3. The lowest BCUT2D eigenvalue weighted by atomic mass is 9.81. The number of fused-ring (bicyclic) bond motifs is 5. The molecular weight excluding hydrogens is 974 g/mol. The first-order chi connectivity index (χ1) is 36.0. The van der Waals surface area contributed by atoms with Crippen molar-refractivity contribution in [3.63, 3.8) is 0 Å². The number of carbonyl (C=O) groups excluding carboxylic acids is 8. The Balaban J connectivity index is 0.866. The normalized spacial score (nSPS) is 17.8. The van der Waals surface area contributed by atoms with Crippen LogP contribution < -0.4 is 42.8 Å². The molecule has 7 amide bonds. The number of nitrogens with one attached hydrogen (secondary N) is 7. The summed E-state index contributed by atoms with van der Waals surface area (Å²) < 4.78 is 28.2. The highest BCUT2D eigenvalue weighted by Gasteiger charge is 2.46. The SMILES string of the molecule is CC[C@@]1(O)C(=O)OCc2c1cc1n(c2=O)Cc2c-1nc1cc(F)c(C)c3c1c2[C@@H](NC(=O)[C@H](OCNC(=O)CNC(=O)C(Cc1ccccc1)NC(=O)CNC(=O)CNC(=O)CCCCCNC(C)=O)C1CC1)CC3. The van der Waals surface area contributed by atoms with E-state index in [1.54, 1.807) is 50.2 Å². The molecule has 21 nitrogen and oxygen atoms in total. The van der Waals surface area contributed by atoms with E-state index < -0.39 is 83.8 Å². The standard InChI is InChI=1S/C53H62FN9O12/c1-4-53(73)35-20-40-47-33(25-63(40)51(71)34(35)26-74-52(53)72)46-37(17-16-32-28(2)36(54)21-38(61-47)45(32)46)62-50(70)48(31-14-15-31)75-27-59-43(67)23-58-49(69)39(19-30-11-7-5-8-12-30)60-44(68)24-57-42(66)22-56-41(65)13-9-6-10-18-55-29(3)64/h5,7-8,11-12,20-21,31,37,39,48,73H,4,6,9-10,13-19,22-27H2,1-3H3,(H,55,64)(H,56,65)(H,57,66)(H,58,69)(H,59,67)(H,60,68)(H,62,70)/t37-,39?,48+,53-/m0/s1. The van der Waals surface area contributed by atoms with Crippen LogP contribution >= 0.6 is 0 Å². The van der Waals surface area contributed by atoms with E-state index in [1.165, 1.54) is 17.6 Å². The van der Waals surface area contributed by atoms with Gasteiger partial charge in [0.05, 0.1) is 54.7 Å². The zero-order valence-corrected chi connectivity index (χ0v) is 42.1. The third-order valence-electron chi connectivity index (χ3n) is 14.2. The van der Waals surface area contributed by atoms with Crippen LogP contribution in [0.5, 0.6) is 0 Å². The van der Waals surface area contributed by atoms with Gasteiger partial charge < -0.3 is 56.4 Å². The number of carbonyl (C=O) groups is 8. The van der Waals surface area contributed by atoms with Gasteiger partial charge in [-0.15, -0.1) is 0 Å². The fraction of sp³-hybridized carbons (Fsp3) is 0.472. The predicted molar refractivity (Wildman–Crippen MR) is 267 cm³/mol. The van der Waals surface area contributed by atoms with Crippen LogP contribution in [0, 0.1) is 18.7 Å². The molecule has 8 rings (SSSR count). The van der Waals surface area contributed by atoms with Crippen LogP contribution in [0.25, 0.3) is 22.3 Å². The molecule has 22 heteroatoms. The zero-order chi connectivity index (χ0) is 53.6. The first-order valence-electron chi connectivity index (χ1n) is 25.4. The first kappa shape index (κ1) is 53.7. The van der Waals surface area contributed by atoms with Crippen LogP contribution in [-0.2, 0) is 79.4 Å². The third-order valence-corrected chi connectivity index (χ3v) is 14.2. The lowest BCUT2D eigenvalue weighted by Crippen LogP contribution is -2.52. The van der Waals surface area contributed by atoms with Gasteiger partial charge in [-0.25, -0.2) is 14.2 Å². The number of unbranched alkanes of at least 4 members (excludes halogenated alkanes) is 2. The number of amides is 7. The smallest absolute Gasteiger partial charge is 0.343 e. The van der Waals surface area contributed by atoms with Crippen LogP contribution in [0.3, 0.4) is 0 Å². The fourth-order valence-electron chi connectivity index (χ4n) is 10.0. The van der Waals surface area contributed by atoms with E-state index in [9.17, 15) is 48.3 Å². The Morgan fingerprint density at radius 3 is 2.32 bits per heavy atom. The van der Waals surface area contributed by atoms with Crippen molar-refractivity contribution in [3.05, 3.63) is 97.6 Å². The van der Waals surface area contributed by atoms with Gasteiger partial charge in [0.2, 0.25) is 41.4 Å². The monoisotopic (exact) mass is 1040 g/mol. The molecule has 398 valence electrons. The minimum Gasteiger partial charge on any atom is -0.458 e. The second-order valence-electron chi connectivity index (χ2n) is 19.5. The number of benzene rings is 2. The quantitative estimate of drug-likeness (QED) is 0.0260. The minimum absolute atomic E-state index is 0.0438. The summed E-state index contributed by atoms with van der Waals surface area (Å²) in [7, 11) is 0. The summed E-state index contributed by atoms with van der Waals surface area (Å²) in [6, 6.07) is 9.99. The zero-order valence-electron chi connectivity index (χ0n) is 42.1. The van der Waals surface area contributed by atoms with Crippen molar-refractivity contribution in [1.82, 2.24) is 46.8 Å². The molecule has 0 radical (unpaired) electrons. The van der Waals surface area contributed by atoms with E-state index in [-0.39, 0.29) is 74.5 Å². The average Bonchev–Trinajstić information content (AvgIpc) is 4.20. The summed E-state index contributed by atoms with van der Waals surface area (Å²) in [6.45, 7) is 3.26. The third kappa shape index (κ3) is 12.2. The van der Waals surface area contributed by atoms with Gasteiger partial charge >= 0.3 is 5.97 Å². The molecule has 4 atom stereocenters. The molecule has 1 saturated carbocycles. The molecule has 2 aliphatic carbocycles. The van der Waals surface area contributed by atoms with Crippen LogP contribution in [0.4, 0.5) is 4.39 Å². The summed E-state index contributed by atoms with van der Waals surface area (Å²) in [5, 5.41) is 30.6. The topological polar surface area (TPSA) is 294 Å². The Hall–Kier alpha value is -7.59. The number of hydrogen-bond donors (Lipinski definition) is 8. The number of ether oxygens (including phenoxy) is 2. The number of nitrogens with zero attached hydrogens (tertiary/aromatic N) is 2. The number of cyclic esters (lactones) is 1. The van der Waals surface area contributed by atoms with Crippen LogP contribution in [-0.4, -0.2) is 107 Å². The molecule has 8 N–H and O–H groups in total. The number of aryl methyl sites for hydroxylation is 1. The highest BCUT2D eigenvalue weighted by molar-refractivity contribution is 5.95. The number of halogens is 1. The summed E-state index contributed by atoms with van der Waals surface area (Å²) in [5.41, 5.74) is 2.03. The van der Waals surface area contributed by atoms with E-state index in [1.807, 2.05) is 0 Å². The van der Waals surface area contributed by atoms with E-state index in [2.05, 4.69) is 37.2 Å². The van der Waals surface area contributed by atoms with Crippen LogP contribution in [0.2, 0.25) is 0 Å². The summed E-state index contributed by atoms with van der Waals surface area (Å²) in [4.78, 5) is 121. The average molecular weight is 1040 g/mol. The molecule has 0 spiro atoms. The van der Waals surface area contributed by atoms with Gasteiger partial charge in [0.25, 0.3) is 5.56 Å². The van der Waals surface area contributed by atoms with Crippen molar-refractivity contribution in [3.8, 4) is 11.4 Å². The molecule has 0 bridgehead atoms. The molecule has 2 aliphatic heterocycles. The second-order valence-corrected chi connectivity index (χ2v) is 19.5. The van der Waals surface area contributed by atoms with E-state index >= 15 is 4.39 Å². The molecule has 75 heavy (non-hydrogen) atoms. The maximum Gasteiger partial charge on any atom is 0.343 e. The Labute approximate surface area is 430 Å². The fourth-order valence-corrected chi connectivity index (χ4v) is 10.0. The number of hydrogen-bond acceptors (Lipinski definition) is 13. The molecule has 2 aromatic carbocycles. The summed E-state index contributed by atoms with van der Waals surface area (Å²) >= 11 is 0. The Morgan fingerprint density at radius 2 is 1.59 bits per heavy atom. The molecule has 4 heterocycles. The number of esters is 1. The Kier molecular flexibility index (Phi) is 16.7. The molecular formula is C53H62FN9O12. The molecule has 1 unspecified atom stereocenters. The predicted octanol–water partition coefficient (Wildman–Crippen LogP) is 1.27. The number of aliphatic hydroxyl groups is 1. The molecule has 1 fully saturated rings. The van der Waals surface area contributed by atoms with E-state index in [0.717, 1.165) is 5.56 Å². The van der Waals surface area contributed by atoms with Gasteiger partial charge in [0, 0.05) is 48.9 Å². The molecule has 4 aliphatic rings. The van der Waals surface area contributed by atoms with Gasteiger partial charge in [-0.3, -0.25) is 38.4 Å². The van der Waals surface area contributed by atoms with Crippen molar-refractivity contribution in [2.24, 2.45) is 5.92 Å². The van der Waals surface area contributed by atoms with Crippen molar-refractivity contribution in [2.45, 2.75) is 122 Å². The molecule has 2 aromatic heterocycles. The first-order valence-corrected chi connectivity index (χ1v) is 25.4. The Bertz CT molecular complexity index is 3000. The lowest BCUT2D eigenvalue weighted by Gasteiger charge is -2.31. The summed E-state index contributed by atoms with van der Waals surface area (Å²) in [5.74, 6) is -5.01. The molecule has 4 aromatic rings. The maximum atomic E-state index is 15.5. The van der Waals surface area contributed by atoms with E-state index in [4.69, 9.17) is 14.5 Å². The largest absolute Gasteiger partial charge is 0.458 e. The van der Waals surface area contributed by atoms with Crippen molar-refractivity contribution in [2.75, 3.05) is 32.9 Å². The maximum absolute atomic E-state index is 15.5. The minimum atomic E-state index is -2.05. The van der Waals surface area contributed by atoms with Crippen molar-refractivity contribution < 1.29 is 57.3 Å².